The van der Waals surface area contributed by atoms with Gasteiger partial charge in [0.2, 0.25) is 0 Å². The summed E-state index contributed by atoms with van der Waals surface area (Å²) >= 11 is 1.87. The zero-order chi connectivity index (χ0) is 14.1. The van der Waals surface area contributed by atoms with Gasteiger partial charge in [-0.2, -0.15) is 11.8 Å². The fourth-order valence-corrected chi connectivity index (χ4v) is 2.14. The Balaban J connectivity index is 2.63. The molecule has 0 atom stereocenters. The minimum Gasteiger partial charge on any atom is -0.493 e. The van der Waals surface area contributed by atoms with Crippen LogP contribution in [0.15, 0.2) is 18.2 Å². The monoisotopic (exact) mass is 283 g/mol. The van der Waals surface area contributed by atoms with Crippen LogP contribution in [0, 0.1) is 0 Å². The molecule has 0 saturated heterocycles. The molecule has 0 radical (unpaired) electrons. The standard InChI is InChI=1S/C14H21NO3S/c1-3-17-14(16)12-10-11(15)6-7-13(12)18-8-5-9-19-4-2/h6-7,10H,3-5,8-9,15H2,1-2H3. The van der Waals surface area contributed by atoms with E-state index in [9.17, 15) is 4.79 Å². The van der Waals surface area contributed by atoms with Gasteiger partial charge in [-0.3, -0.25) is 0 Å². The summed E-state index contributed by atoms with van der Waals surface area (Å²) in [6, 6.07) is 5.03. The Morgan fingerprint density at radius 3 is 2.84 bits per heavy atom. The van der Waals surface area contributed by atoms with E-state index in [1.54, 1.807) is 25.1 Å². The van der Waals surface area contributed by atoms with Gasteiger partial charge in [0.05, 0.1) is 13.2 Å². The SMILES string of the molecule is CCOC(=O)c1cc(N)ccc1OCCCSCC. The average Bonchev–Trinajstić information content (AvgIpc) is 2.40. The second-order valence-electron chi connectivity index (χ2n) is 3.88. The van der Waals surface area contributed by atoms with Gasteiger partial charge in [-0.25, -0.2) is 4.79 Å². The van der Waals surface area contributed by atoms with Gasteiger partial charge in [0.15, 0.2) is 0 Å². The molecule has 0 unspecified atom stereocenters. The van der Waals surface area contributed by atoms with E-state index >= 15 is 0 Å². The van der Waals surface area contributed by atoms with Crippen molar-refractivity contribution in [2.75, 3.05) is 30.5 Å². The fraction of sp³-hybridized carbons (Fsp3) is 0.500. The maximum Gasteiger partial charge on any atom is 0.341 e. The number of hydrogen-bond acceptors (Lipinski definition) is 5. The van der Waals surface area contributed by atoms with Gasteiger partial charge in [0.1, 0.15) is 11.3 Å². The van der Waals surface area contributed by atoms with Crippen molar-refractivity contribution < 1.29 is 14.3 Å². The molecule has 1 aromatic carbocycles. The van der Waals surface area contributed by atoms with Crippen molar-refractivity contribution in [3.63, 3.8) is 0 Å². The van der Waals surface area contributed by atoms with E-state index in [2.05, 4.69) is 6.92 Å². The first-order chi connectivity index (χ1) is 9.19. The van der Waals surface area contributed by atoms with Gasteiger partial charge in [-0.05, 0) is 43.0 Å². The Labute approximate surface area is 118 Å². The molecule has 0 aromatic heterocycles. The highest BCUT2D eigenvalue weighted by atomic mass is 32.2. The molecular weight excluding hydrogens is 262 g/mol. The molecule has 4 nitrogen and oxygen atoms in total. The molecule has 5 heteroatoms. The van der Waals surface area contributed by atoms with Crippen LogP contribution in [0.2, 0.25) is 0 Å². The minimum absolute atomic E-state index is 0.334. The lowest BCUT2D eigenvalue weighted by atomic mass is 10.2. The largest absolute Gasteiger partial charge is 0.493 e. The number of benzene rings is 1. The van der Waals surface area contributed by atoms with Gasteiger partial charge >= 0.3 is 5.97 Å². The summed E-state index contributed by atoms with van der Waals surface area (Å²) in [6.45, 7) is 4.82. The van der Waals surface area contributed by atoms with Crippen LogP contribution in [0.5, 0.6) is 5.75 Å². The minimum atomic E-state index is -0.396. The molecule has 19 heavy (non-hydrogen) atoms. The second-order valence-corrected chi connectivity index (χ2v) is 5.27. The first kappa shape index (κ1) is 15.7. The third-order valence-corrected chi connectivity index (χ3v) is 3.38. The maximum absolute atomic E-state index is 11.8. The molecule has 0 fully saturated rings. The van der Waals surface area contributed by atoms with E-state index in [1.807, 2.05) is 11.8 Å². The maximum atomic E-state index is 11.8. The molecule has 2 N–H and O–H groups in total. The van der Waals surface area contributed by atoms with E-state index in [-0.39, 0.29) is 0 Å². The van der Waals surface area contributed by atoms with Crippen LogP contribution in [0.4, 0.5) is 5.69 Å². The molecule has 0 spiro atoms. The van der Waals surface area contributed by atoms with E-state index in [1.165, 1.54) is 0 Å². The summed E-state index contributed by atoms with van der Waals surface area (Å²) in [6.07, 6.45) is 0.950. The highest BCUT2D eigenvalue weighted by Crippen LogP contribution is 2.22. The number of carbonyl (C=O) groups is 1. The Morgan fingerprint density at radius 1 is 1.37 bits per heavy atom. The van der Waals surface area contributed by atoms with E-state index in [4.69, 9.17) is 15.2 Å². The van der Waals surface area contributed by atoms with Crippen molar-refractivity contribution in [3.8, 4) is 5.75 Å². The first-order valence-electron chi connectivity index (χ1n) is 6.46. The quantitative estimate of drug-likeness (QED) is 0.451. The fourth-order valence-electron chi connectivity index (χ4n) is 1.53. The summed E-state index contributed by atoms with van der Waals surface area (Å²) in [4.78, 5) is 11.8. The number of hydrogen-bond donors (Lipinski definition) is 1. The highest BCUT2D eigenvalue weighted by molar-refractivity contribution is 7.99. The van der Waals surface area contributed by atoms with E-state index < -0.39 is 5.97 Å². The topological polar surface area (TPSA) is 61.5 Å². The third-order valence-electron chi connectivity index (χ3n) is 2.39. The van der Waals surface area contributed by atoms with Crippen molar-refractivity contribution in [1.29, 1.82) is 0 Å². The normalized spacial score (nSPS) is 10.2. The number of rotatable bonds is 8. The Hall–Kier alpha value is -1.36. The first-order valence-corrected chi connectivity index (χ1v) is 7.61. The third kappa shape index (κ3) is 5.42. The summed E-state index contributed by atoms with van der Waals surface area (Å²) in [7, 11) is 0. The van der Waals surface area contributed by atoms with Gasteiger partial charge in [-0.15, -0.1) is 0 Å². The lowest BCUT2D eigenvalue weighted by Crippen LogP contribution is -2.09. The van der Waals surface area contributed by atoms with Gasteiger partial charge in [-0.1, -0.05) is 6.92 Å². The van der Waals surface area contributed by atoms with Crippen LogP contribution in [-0.4, -0.2) is 30.7 Å². The van der Waals surface area contributed by atoms with Crippen molar-refractivity contribution in [1.82, 2.24) is 0 Å². The van der Waals surface area contributed by atoms with Crippen molar-refractivity contribution in [2.45, 2.75) is 20.3 Å². The molecule has 0 aliphatic carbocycles. The second kappa shape index (κ2) is 8.69. The summed E-state index contributed by atoms with van der Waals surface area (Å²) in [5.41, 5.74) is 6.61. The predicted octanol–water partition coefficient (Wildman–Crippen LogP) is 2.97. The molecule has 0 aliphatic heterocycles. The molecule has 106 valence electrons. The van der Waals surface area contributed by atoms with E-state index in [0.29, 0.717) is 30.2 Å². The molecular formula is C14H21NO3S. The number of nitrogens with two attached hydrogens (primary N) is 1. The number of ether oxygens (including phenoxy) is 2. The van der Waals surface area contributed by atoms with Crippen LogP contribution in [0.25, 0.3) is 0 Å². The Morgan fingerprint density at radius 2 is 2.16 bits per heavy atom. The average molecular weight is 283 g/mol. The van der Waals surface area contributed by atoms with Crippen LogP contribution in [0.1, 0.15) is 30.6 Å². The van der Waals surface area contributed by atoms with Gasteiger partial charge in [0.25, 0.3) is 0 Å². The van der Waals surface area contributed by atoms with Crippen LogP contribution < -0.4 is 10.5 Å². The number of carbonyl (C=O) groups excluding carboxylic acids is 1. The zero-order valence-electron chi connectivity index (χ0n) is 11.5. The molecule has 0 saturated carbocycles. The molecule has 0 amide bonds. The summed E-state index contributed by atoms with van der Waals surface area (Å²) in [5.74, 6) is 2.30. The molecule has 1 rings (SSSR count). The number of nitrogen functional groups attached to an aromatic ring is 1. The smallest absolute Gasteiger partial charge is 0.341 e. The molecule has 0 aliphatic rings. The predicted molar refractivity (Wildman–Crippen MR) is 79.9 cm³/mol. The molecule has 0 bridgehead atoms. The summed E-state index contributed by atoms with van der Waals surface area (Å²) < 4.78 is 10.6. The molecule has 0 heterocycles. The Bertz CT molecular complexity index is 410. The van der Waals surface area contributed by atoms with Crippen LogP contribution >= 0.6 is 11.8 Å². The number of thioether (sulfide) groups is 1. The lowest BCUT2D eigenvalue weighted by Gasteiger charge is -2.11. The molecule has 1 aromatic rings. The van der Waals surface area contributed by atoms with Crippen LogP contribution in [0.3, 0.4) is 0 Å². The van der Waals surface area contributed by atoms with Crippen LogP contribution in [-0.2, 0) is 4.74 Å². The lowest BCUT2D eigenvalue weighted by molar-refractivity contribution is 0.0522. The number of esters is 1. The van der Waals surface area contributed by atoms with E-state index in [0.717, 1.165) is 17.9 Å². The Kier molecular flexibility index (Phi) is 7.18. The van der Waals surface area contributed by atoms with Crippen molar-refractivity contribution >= 4 is 23.4 Å². The van der Waals surface area contributed by atoms with Gasteiger partial charge in [0, 0.05) is 5.69 Å². The van der Waals surface area contributed by atoms with Crippen molar-refractivity contribution in [2.24, 2.45) is 0 Å². The van der Waals surface area contributed by atoms with Crippen molar-refractivity contribution in [3.05, 3.63) is 23.8 Å². The van der Waals surface area contributed by atoms with Gasteiger partial charge < -0.3 is 15.2 Å². The summed E-state index contributed by atoms with van der Waals surface area (Å²) in [5, 5.41) is 0. The highest BCUT2D eigenvalue weighted by Gasteiger charge is 2.14. The number of anilines is 1. The zero-order valence-corrected chi connectivity index (χ0v) is 12.3.